The van der Waals surface area contributed by atoms with Gasteiger partial charge < -0.3 is 9.64 Å². The van der Waals surface area contributed by atoms with E-state index >= 15 is 0 Å². The lowest BCUT2D eigenvalue weighted by molar-refractivity contribution is -0.138. The number of aromatic nitrogens is 2. The van der Waals surface area contributed by atoms with Gasteiger partial charge in [-0.25, -0.2) is 22.7 Å². The molecular weight excluding hydrogens is 344 g/mol. The number of carbonyl (C=O) groups is 1. The van der Waals surface area contributed by atoms with Crippen LogP contribution in [0.5, 0.6) is 5.88 Å². The summed E-state index contributed by atoms with van der Waals surface area (Å²) >= 11 is 0. The molecule has 2 aliphatic rings. The van der Waals surface area contributed by atoms with Crippen molar-refractivity contribution in [2.45, 2.75) is 31.8 Å². The van der Waals surface area contributed by atoms with Gasteiger partial charge in [0.15, 0.2) is 0 Å². The van der Waals surface area contributed by atoms with Crippen molar-refractivity contribution in [3.05, 3.63) is 18.6 Å². The van der Waals surface area contributed by atoms with Crippen molar-refractivity contribution < 1.29 is 17.9 Å². The highest BCUT2D eigenvalue weighted by atomic mass is 32.2. The third-order valence-electron chi connectivity index (χ3n) is 4.87. The molecule has 25 heavy (non-hydrogen) atoms. The fourth-order valence-corrected chi connectivity index (χ4v) is 4.28. The van der Waals surface area contributed by atoms with Gasteiger partial charge in [-0.3, -0.25) is 4.79 Å². The largest absolute Gasteiger partial charge is 0.474 e. The zero-order valence-corrected chi connectivity index (χ0v) is 15.2. The van der Waals surface area contributed by atoms with Crippen molar-refractivity contribution in [3.63, 3.8) is 0 Å². The Morgan fingerprint density at radius 1 is 1.16 bits per heavy atom. The van der Waals surface area contributed by atoms with Gasteiger partial charge in [0.05, 0.1) is 6.26 Å². The lowest BCUT2D eigenvalue weighted by atomic mass is 9.95. The second-order valence-corrected chi connectivity index (χ2v) is 8.61. The first-order valence-electron chi connectivity index (χ1n) is 8.60. The first-order valence-corrected chi connectivity index (χ1v) is 10.4. The first kappa shape index (κ1) is 18.1. The molecule has 0 aliphatic carbocycles. The number of rotatable bonds is 4. The van der Waals surface area contributed by atoms with Crippen molar-refractivity contribution in [2.24, 2.45) is 5.92 Å². The predicted octanol–water partition coefficient (Wildman–Crippen LogP) is 0.518. The van der Waals surface area contributed by atoms with Crippen LogP contribution in [-0.4, -0.2) is 72.0 Å². The Balaban J connectivity index is 1.46. The van der Waals surface area contributed by atoms with Gasteiger partial charge in [0.1, 0.15) is 12.4 Å². The number of amides is 1. The smallest absolute Gasteiger partial charge is 0.225 e. The Morgan fingerprint density at radius 3 is 2.40 bits per heavy atom. The summed E-state index contributed by atoms with van der Waals surface area (Å²) in [7, 11) is -3.16. The number of carbonyl (C=O) groups excluding carboxylic acids is 1. The van der Waals surface area contributed by atoms with E-state index in [4.69, 9.17) is 4.74 Å². The minimum Gasteiger partial charge on any atom is -0.474 e. The Bertz CT molecular complexity index is 681. The van der Waals surface area contributed by atoms with E-state index in [1.54, 1.807) is 12.3 Å². The van der Waals surface area contributed by atoms with Crippen LogP contribution in [0.2, 0.25) is 0 Å². The third kappa shape index (κ3) is 4.66. The highest BCUT2D eigenvalue weighted by molar-refractivity contribution is 7.88. The number of sulfonamides is 1. The van der Waals surface area contributed by atoms with Gasteiger partial charge in [-0.05, 0) is 12.8 Å². The SMILES string of the molecule is CS(=O)(=O)N1CCC(C(=O)N2CCC(Oc3ccncn3)CC2)CC1. The summed E-state index contributed by atoms with van der Waals surface area (Å²) in [5.41, 5.74) is 0. The second-order valence-electron chi connectivity index (χ2n) is 6.63. The molecule has 138 valence electrons. The molecule has 3 heterocycles. The zero-order valence-electron chi connectivity index (χ0n) is 14.4. The Morgan fingerprint density at radius 2 is 1.84 bits per heavy atom. The number of likely N-dealkylation sites (tertiary alicyclic amines) is 1. The molecule has 0 bridgehead atoms. The maximum atomic E-state index is 12.7. The van der Waals surface area contributed by atoms with Gasteiger partial charge in [-0.2, -0.15) is 0 Å². The number of piperidine rings is 2. The van der Waals surface area contributed by atoms with Crippen molar-refractivity contribution in [3.8, 4) is 5.88 Å². The summed E-state index contributed by atoms with van der Waals surface area (Å²) in [4.78, 5) is 22.5. The van der Waals surface area contributed by atoms with E-state index in [-0.39, 0.29) is 17.9 Å². The Hall–Kier alpha value is -1.74. The summed E-state index contributed by atoms with van der Waals surface area (Å²) in [5.74, 6) is 0.638. The van der Waals surface area contributed by atoms with Crippen LogP contribution in [0.15, 0.2) is 18.6 Å². The molecule has 2 fully saturated rings. The van der Waals surface area contributed by atoms with Gasteiger partial charge in [-0.15, -0.1) is 0 Å². The molecule has 9 heteroatoms. The molecule has 2 saturated heterocycles. The summed E-state index contributed by atoms with van der Waals surface area (Å²) in [6.07, 6.45) is 7.13. The van der Waals surface area contributed by atoms with Crippen molar-refractivity contribution in [2.75, 3.05) is 32.4 Å². The first-order chi connectivity index (χ1) is 11.9. The van der Waals surface area contributed by atoms with E-state index in [0.717, 1.165) is 12.8 Å². The van der Waals surface area contributed by atoms with Crippen LogP contribution in [0, 0.1) is 5.92 Å². The van der Waals surface area contributed by atoms with E-state index in [2.05, 4.69) is 9.97 Å². The van der Waals surface area contributed by atoms with Crippen molar-refractivity contribution in [1.29, 1.82) is 0 Å². The molecule has 1 aromatic heterocycles. The monoisotopic (exact) mass is 368 g/mol. The molecule has 1 aromatic rings. The van der Waals surface area contributed by atoms with Crippen LogP contribution >= 0.6 is 0 Å². The molecule has 3 rings (SSSR count). The molecular formula is C16H24N4O4S. The fraction of sp³-hybridized carbons (Fsp3) is 0.688. The minimum atomic E-state index is -3.16. The van der Waals surface area contributed by atoms with Crippen LogP contribution in [-0.2, 0) is 14.8 Å². The van der Waals surface area contributed by atoms with E-state index in [1.807, 2.05) is 4.90 Å². The standard InChI is InChI=1S/C16H24N4O4S/c1-25(22,23)20-10-3-13(4-11-20)16(21)19-8-5-14(6-9-19)24-15-2-7-17-12-18-15/h2,7,12-14H,3-6,8-11H2,1H3. The Kier molecular flexibility index (Phi) is 5.53. The van der Waals surface area contributed by atoms with E-state index < -0.39 is 10.0 Å². The van der Waals surface area contributed by atoms with Gasteiger partial charge in [-0.1, -0.05) is 0 Å². The highest BCUT2D eigenvalue weighted by Crippen LogP contribution is 2.24. The van der Waals surface area contributed by atoms with E-state index in [9.17, 15) is 13.2 Å². The van der Waals surface area contributed by atoms with Gasteiger partial charge >= 0.3 is 0 Å². The number of hydrogen-bond acceptors (Lipinski definition) is 6. The second kappa shape index (κ2) is 7.65. The van der Waals surface area contributed by atoms with Gasteiger partial charge in [0.2, 0.25) is 21.8 Å². The van der Waals surface area contributed by atoms with Crippen molar-refractivity contribution in [1.82, 2.24) is 19.2 Å². The molecule has 0 radical (unpaired) electrons. The molecule has 0 aromatic carbocycles. The number of hydrogen-bond donors (Lipinski definition) is 0. The van der Waals surface area contributed by atoms with Crippen LogP contribution in [0.25, 0.3) is 0 Å². The normalized spacial score (nSPS) is 21.2. The minimum absolute atomic E-state index is 0.0611. The lowest BCUT2D eigenvalue weighted by Gasteiger charge is -2.36. The zero-order chi connectivity index (χ0) is 17.9. The van der Waals surface area contributed by atoms with Gasteiger partial charge in [0.25, 0.3) is 0 Å². The molecule has 0 saturated carbocycles. The Labute approximate surface area is 148 Å². The summed E-state index contributed by atoms with van der Waals surface area (Å²) in [6, 6.07) is 1.73. The fourth-order valence-electron chi connectivity index (χ4n) is 3.41. The lowest BCUT2D eigenvalue weighted by Crippen LogP contribution is -2.47. The van der Waals surface area contributed by atoms with E-state index in [1.165, 1.54) is 16.9 Å². The summed E-state index contributed by atoms with van der Waals surface area (Å²) in [6.45, 7) is 2.20. The number of ether oxygens (including phenoxy) is 1. The van der Waals surface area contributed by atoms with Crippen molar-refractivity contribution >= 4 is 15.9 Å². The quantitative estimate of drug-likeness (QED) is 0.769. The summed E-state index contributed by atoms with van der Waals surface area (Å²) < 4.78 is 30.4. The molecule has 8 nitrogen and oxygen atoms in total. The topological polar surface area (TPSA) is 92.7 Å². The summed E-state index contributed by atoms with van der Waals surface area (Å²) in [5, 5.41) is 0. The average molecular weight is 368 g/mol. The predicted molar refractivity (Wildman–Crippen MR) is 91.4 cm³/mol. The molecule has 2 aliphatic heterocycles. The molecule has 0 spiro atoms. The molecule has 1 amide bonds. The van der Waals surface area contributed by atoms with Gasteiger partial charge in [0, 0.05) is 57.2 Å². The molecule has 0 N–H and O–H groups in total. The number of nitrogens with zero attached hydrogens (tertiary/aromatic N) is 4. The third-order valence-corrected chi connectivity index (χ3v) is 6.17. The van der Waals surface area contributed by atoms with Crippen LogP contribution in [0.1, 0.15) is 25.7 Å². The van der Waals surface area contributed by atoms with Crippen LogP contribution in [0.3, 0.4) is 0 Å². The molecule has 0 unspecified atom stereocenters. The van der Waals surface area contributed by atoms with E-state index in [0.29, 0.717) is 44.9 Å². The highest BCUT2D eigenvalue weighted by Gasteiger charge is 2.33. The van der Waals surface area contributed by atoms with Crippen LogP contribution < -0.4 is 4.74 Å². The maximum absolute atomic E-state index is 12.7. The molecule has 0 atom stereocenters. The average Bonchev–Trinajstić information content (AvgIpc) is 2.62. The maximum Gasteiger partial charge on any atom is 0.225 e. The van der Waals surface area contributed by atoms with Crippen LogP contribution in [0.4, 0.5) is 0 Å².